The molecule has 1 aliphatic heterocycles. The molecule has 0 amide bonds. The van der Waals surface area contributed by atoms with Gasteiger partial charge in [-0.2, -0.15) is 0 Å². The zero-order valence-electron chi connectivity index (χ0n) is 20.8. The van der Waals surface area contributed by atoms with E-state index < -0.39 is 30.1 Å². The number of hydrogen-bond donors (Lipinski definition) is 0. The molecule has 4 aromatic carbocycles. The van der Waals surface area contributed by atoms with Crippen LogP contribution in [0.2, 0.25) is 0 Å². The number of fused-ring (bicyclic) bond motifs is 2. The van der Waals surface area contributed by atoms with Crippen LogP contribution in [0.3, 0.4) is 0 Å². The van der Waals surface area contributed by atoms with Crippen LogP contribution in [0.15, 0.2) is 95.2 Å². The van der Waals surface area contributed by atoms with Gasteiger partial charge in [-0.25, -0.2) is 0 Å². The quantitative estimate of drug-likeness (QED) is 0.143. The highest BCUT2D eigenvalue weighted by Crippen LogP contribution is 2.36. The summed E-state index contributed by atoms with van der Waals surface area (Å²) in [6.07, 6.45) is -0.246. The van der Waals surface area contributed by atoms with E-state index in [2.05, 4.69) is 68.6 Å². The number of ether oxygens (including phenoxy) is 2. The number of hydrogen-bond acceptors (Lipinski definition) is 4. The molecule has 0 aromatic heterocycles. The van der Waals surface area contributed by atoms with Crippen LogP contribution in [-0.4, -0.2) is 30.1 Å². The lowest BCUT2D eigenvalue weighted by Crippen LogP contribution is -2.42. The molecule has 1 fully saturated rings. The minimum Gasteiger partial charge on any atom is -0.344 e. The second-order valence-corrected chi connectivity index (χ2v) is 9.88. The molecule has 5 rings (SSSR count). The molecule has 0 radical (unpaired) electrons. The molecule has 0 spiro atoms. The lowest BCUT2D eigenvalue weighted by molar-refractivity contribution is -0.149. The highest BCUT2D eigenvalue weighted by molar-refractivity contribution is 5.83. The van der Waals surface area contributed by atoms with Crippen LogP contribution in [0.5, 0.6) is 0 Å². The van der Waals surface area contributed by atoms with Gasteiger partial charge in [0.05, 0.1) is 24.3 Å². The summed E-state index contributed by atoms with van der Waals surface area (Å²) >= 11 is 0. The minimum atomic E-state index is -0.922. The fourth-order valence-corrected chi connectivity index (χ4v) is 5.20. The molecule has 4 atom stereocenters. The zero-order valence-corrected chi connectivity index (χ0v) is 20.8. The average molecular weight is 493 g/mol. The van der Waals surface area contributed by atoms with E-state index in [0.29, 0.717) is 12.8 Å². The summed E-state index contributed by atoms with van der Waals surface area (Å²) in [5.74, 6) is -0.922. The Labute approximate surface area is 215 Å². The minimum absolute atomic E-state index is 0.467. The Morgan fingerprint density at radius 3 is 1.49 bits per heavy atom. The number of azide groups is 2. The van der Waals surface area contributed by atoms with Crippen molar-refractivity contribution >= 4 is 21.5 Å². The van der Waals surface area contributed by atoms with Gasteiger partial charge < -0.3 is 9.47 Å². The van der Waals surface area contributed by atoms with Crippen LogP contribution in [0.1, 0.15) is 25.0 Å². The van der Waals surface area contributed by atoms with E-state index in [9.17, 15) is 11.1 Å². The monoisotopic (exact) mass is 492 g/mol. The van der Waals surface area contributed by atoms with Gasteiger partial charge in [0.2, 0.25) is 0 Å². The van der Waals surface area contributed by atoms with Gasteiger partial charge in [0, 0.05) is 9.82 Å². The van der Waals surface area contributed by atoms with Crippen LogP contribution in [-0.2, 0) is 22.3 Å². The highest BCUT2D eigenvalue weighted by Gasteiger charge is 2.48. The van der Waals surface area contributed by atoms with Crippen molar-refractivity contribution in [3.63, 3.8) is 0 Å². The SMILES string of the molecule is CC1(C)O[C@@H]([C@@H](Cc2ccc3ccccc3c2)N=[N+]=[N-])[C@H]([C@@H](Cc2ccc3ccccc3c2)N=[N+]=[N-])O1. The first kappa shape index (κ1) is 24.6. The lowest BCUT2D eigenvalue weighted by atomic mass is 9.91. The Morgan fingerprint density at radius 1 is 0.676 bits per heavy atom. The maximum Gasteiger partial charge on any atom is 0.163 e. The normalized spacial score (nSPS) is 20.2. The van der Waals surface area contributed by atoms with Crippen molar-refractivity contribution in [1.29, 1.82) is 0 Å². The van der Waals surface area contributed by atoms with Gasteiger partial charge in [-0.1, -0.05) is 95.2 Å². The summed E-state index contributed by atoms with van der Waals surface area (Å²) in [5, 5.41) is 12.8. The van der Waals surface area contributed by atoms with Crippen molar-refractivity contribution in [2.24, 2.45) is 10.2 Å². The largest absolute Gasteiger partial charge is 0.344 e. The number of benzene rings is 4. The number of nitrogens with zero attached hydrogens (tertiary/aromatic N) is 6. The molecule has 37 heavy (non-hydrogen) atoms. The Bertz CT molecular complexity index is 1410. The summed E-state index contributed by atoms with van der Waals surface area (Å²) in [7, 11) is 0. The third-order valence-electron chi connectivity index (χ3n) is 6.84. The second kappa shape index (κ2) is 10.5. The molecule has 0 bridgehead atoms. The Kier molecular flexibility index (Phi) is 6.99. The predicted molar refractivity (Wildman–Crippen MR) is 145 cm³/mol. The molecule has 186 valence electrons. The third kappa shape index (κ3) is 5.53. The maximum atomic E-state index is 9.42. The third-order valence-corrected chi connectivity index (χ3v) is 6.84. The van der Waals surface area contributed by atoms with Crippen molar-refractivity contribution < 1.29 is 9.47 Å². The summed E-state index contributed by atoms with van der Waals surface area (Å²) in [6, 6.07) is 27.6. The van der Waals surface area contributed by atoms with E-state index in [0.717, 1.165) is 32.7 Å². The summed E-state index contributed by atoms with van der Waals surface area (Å²) in [6.45, 7) is 3.65. The van der Waals surface area contributed by atoms with Gasteiger partial charge in [-0.15, -0.1) is 0 Å². The van der Waals surface area contributed by atoms with Crippen LogP contribution < -0.4 is 0 Å². The van der Waals surface area contributed by atoms with Gasteiger partial charge in [0.25, 0.3) is 0 Å². The van der Waals surface area contributed by atoms with Gasteiger partial charge in [-0.3, -0.25) is 0 Å². The van der Waals surface area contributed by atoms with E-state index >= 15 is 0 Å². The molecule has 0 saturated carbocycles. The molecule has 0 aliphatic carbocycles. The summed E-state index contributed by atoms with van der Waals surface area (Å²) in [5.41, 5.74) is 20.9. The first-order valence-electron chi connectivity index (χ1n) is 12.4. The fourth-order valence-electron chi connectivity index (χ4n) is 5.20. The van der Waals surface area contributed by atoms with Crippen molar-refractivity contribution in [3.05, 3.63) is 117 Å². The van der Waals surface area contributed by atoms with E-state index in [1.807, 2.05) is 50.2 Å². The topological polar surface area (TPSA) is 116 Å². The Balaban J connectivity index is 1.45. The van der Waals surface area contributed by atoms with Gasteiger partial charge >= 0.3 is 0 Å². The van der Waals surface area contributed by atoms with Gasteiger partial charge in [0.15, 0.2) is 5.79 Å². The molecule has 1 aliphatic rings. The van der Waals surface area contributed by atoms with E-state index in [-0.39, 0.29) is 0 Å². The first-order valence-corrected chi connectivity index (χ1v) is 12.4. The highest BCUT2D eigenvalue weighted by atomic mass is 16.8. The predicted octanol–water partition coefficient (Wildman–Crippen LogP) is 7.66. The molecule has 4 aromatic rings. The molecule has 1 heterocycles. The van der Waals surface area contributed by atoms with Crippen LogP contribution in [0.4, 0.5) is 0 Å². The Hall–Kier alpha value is -4.06. The second-order valence-electron chi connectivity index (χ2n) is 9.88. The molecule has 1 saturated heterocycles. The van der Waals surface area contributed by atoms with E-state index in [1.54, 1.807) is 0 Å². The summed E-state index contributed by atoms with van der Waals surface area (Å²) in [4.78, 5) is 6.26. The van der Waals surface area contributed by atoms with Gasteiger partial charge in [0.1, 0.15) is 0 Å². The van der Waals surface area contributed by atoms with Crippen LogP contribution in [0, 0.1) is 0 Å². The van der Waals surface area contributed by atoms with Crippen molar-refractivity contribution in [2.75, 3.05) is 0 Å². The molecular formula is C29H28N6O2. The molecule has 0 unspecified atom stereocenters. The van der Waals surface area contributed by atoms with Crippen LogP contribution in [0.25, 0.3) is 42.4 Å². The molecule has 8 heteroatoms. The summed E-state index contributed by atoms with van der Waals surface area (Å²) < 4.78 is 12.6. The maximum absolute atomic E-state index is 9.42. The molecule has 0 N–H and O–H groups in total. The van der Waals surface area contributed by atoms with E-state index in [4.69, 9.17) is 9.47 Å². The van der Waals surface area contributed by atoms with Gasteiger partial charge in [-0.05, 0) is 70.4 Å². The lowest BCUT2D eigenvalue weighted by Gasteiger charge is -2.27. The zero-order chi connectivity index (χ0) is 25.8. The Morgan fingerprint density at radius 2 is 1.08 bits per heavy atom. The molecular weight excluding hydrogens is 464 g/mol. The molecule has 8 nitrogen and oxygen atoms in total. The first-order chi connectivity index (χ1) is 18.0. The number of rotatable bonds is 8. The van der Waals surface area contributed by atoms with Crippen molar-refractivity contribution in [3.8, 4) is 0 Å². The average Bonchev–Trinajstić information content (AvgIpc) is 3.23. The van der Waals surface area contributed by atoms with Crippen molar-refractivity contribution in [2.45, 2.75) is 56.8 Å². The smallest absolute Gasteiger partial charge is 0.163 e. The standard InChI is InChI=1S/C29H28N6O2/c1-29(2)36-27(25(32-34-30)17-19-11-13-21-7-3-5-9-23(21)15-19)28(37-29)26(33-35-31)18-20-12-14-22-8-4-6-10-24(22)16-20/h3-16,25-28H,17-18H2,1-2H3/t25-,26-,27+,28+/m1/s1. The van der Waals surface area contributed by atoms with Crippen LogP contribution >= 0.6 is 0 Å². The fraction of sp³-hybridized carbons (Fsp3) is 0.310. The van der Waals surface area contributed by atoms with E-state index in [1.165, 1.54) is 0 Å². The van der Waals surface area contributed by atoms with Crippen molar-refractivity contribution in [1.82, 2.24) is 0 Å².